The second kappa shape index (κ2) is 8.41. The number of hydrogen-bond donors (Lipinski definition) is 6. The molecule has 0 aliphatic carbocycles. The zero-order valence-corrected chi connectivity index (χ0v) is 16.9. The maximum atomic E-state index is 13.2. The molecule has 0 saturated carbocycles. The Hall–Kier alpha value is -3.15. The molecule has 0 radical (unpaired) electrons. The number of phenolic OH excluding ortho intramolecular Hbond substituents is 2. The van der Waals surface area contributed by atoms with Crippen molar-refractivity contribution < 1.29 is 44.5 Å². The highest BCUT2D eigenvalue weighted by molar-refractivity contribution is 5.86. The highest BCUT2D eigenvalue weighted by atomic mass is 16.5. The van der Waals surface area contributed by atoms with Gasteiger partial charge >= 0.3 is 0 Å². The van der Waals surface area contributed by atoms with E-state index in [4.69, 9.17) is 13.9 Å². The summed E-state index contributed by atoms with van der Waals surface area (Å²) in [5, 5.41) is 60.3. The van der Waals surface area contributed by atoms with Crippen LogP contribution in [0, 0.1) is 0 Å². The van der Waals surface area contributed by atoms with Crippen LogP contribution in [0.1, 0.15) is 11.7 Å². The minimum atomic E-state index is -1.67. The minimum absolute atomic E-state index is 0.0549. The fourth-order valence-electron chi connectivity index (χ4n) is 3.87. The van der Waals surface area contributed by atoms with Gasteiger partial charge in [-0.05, 0) is 29.8 Å². The summed E-state index contributed by atoms with van der Waals surface area (Å²) in [6, 6.07) is 6.90. The average Bonchev–Trinajstić information content (AvgIpc) is 2.79. The molecule has 1 aromatic heterocycles. The lowest BCUT2D eigenvalue weighted by Gasteiger charge is -2.40. The first-order chi connectivity index (χ1) is 15.3. The zero-order chi connectivity index (χ0) is 23.2. The molecule has 0 spiro atoms. The molecule has 32 heavy (non-hydrogen) atoms. The highest BCUT2D eigenvalue weighted by Gasteiger charge is 2.45. The van der Waals surface area contributed by atoms with E-state index in [-0.39, 0.29) is 39.3 Å². The summed E-state index contributed by atoms with van der Waals surface area (Å²) in [5.41, 5.74) is -0.0935. The molecule has 0 unspecified atom stereocenters. The normalized spacial score (nSPS) is 25.7. The Morgan fingerprint density at radius 2 is 1.72 bits per heavy atom. The first-order valence-electron chi connectivity index (χ1n) is 9.73. The van der Waals surface area contributed by atoms with Crippen molar-refractivity contribution >= 4 is 11.0 Å². The van der Waals surface area contributed by atoms with E-state index in [2.05, 4.69) is 0 Å². The van der Waals surface area contributed by atoms with Crippen LogP contribution in [0.2, 0.25) is 0 Å². The summed E-state index contributed by atoms with van der Waals surface area (Å²) in [7, 11) is 1.37. The fourth-order valence-corrected chi connectivity index (χ4v) is 3.87. The maximum absolute atomic E-state index is 13.2. The van der Waals surface area contributed by atoms with Gasteiger partial charge in [-0.2, -0.15) is 0 Å². The van der Waals surface area contributed by atoms with Gasteiger partial charge in [-0.1, -0.05) is 6.07 Å². The Morgan fingerprint density at radius 1 is 1.00 bits per heavy atom. The Balaban J connectivity index is 1.87. The molecule has 170 valence electrons. The van der Waals surface area contributed by atoms with E-state index in [0.29, 0.717) is 5.56 Å². The van der Waals surface area contributed by atoms with Crippen LogP contribution in [0.3, 0.4) is 0 Å². The van der Waals surface area contributed by atoms with Crippen molar-refractivity contribution in [3.63, 3.8) is 0 Å². The van der Waals surface area contributed by atoms with Crippen molar-refractivity contribution in [1.82, 2.24) is 0 Å². The van der Waals surface area contributed by atoms with E-state index in [0.717, 1.165) is 6.26 Å². The molecule has 2 heterocycles. The smallest absolute Gasteiger partial charge is 0.200 e. The van der Waals surface area contributed by atoms with Crippen molar-refractivity contribution in [2.24, 2.45) is 0 Å². The quantitative estimate of drug-likeness (QED) is 0.330. The van der Waals surface area contributed by atoms with Crippen molar-refractivity contribution in [1.29, 1.82) is 0 Å². The van der Waals surface area contributed by atoms with E-state index in [1.807, 2.05) is 0 Å². The van der Waals surface area contributed by atoms with E-state index < -0.39 is 42.6 Å². The molecule has 0 bridgehead atoms. The average molecular weight is 446 g/mol. The first-order valence-corrected chi connectivity index (χ1v) is 9.73. The molecule has 3 aromatic rings. The van der Waals surface area contributed by atoms with Crippen molar-refractivity contribution in [2.45, 2.75) is 30.5 Å². The lowest BCUT2D eigenvalue weighted by Crippen LogP contribution is -2.55. The van der Waals surface area contributed by atoms with Crippen molar-refractivity contribution in [2.75, 3.05) is 13.7 Å². The Morgan fingerprint density at radius 3 is 2.41 bits per heavy atom. The number of aliphatic hydroxyl groups excluding tert-OH is 4. The molecule has 2 aromatic carbocycles. The summed E-state index contributed by atoms with van der Waals surface area (Å²) < 4.78 is 16.3. The maximum Gasteiger partial charge on any atom is 0.200 e. The van der Waals surface area contributed by atoms with Crippen LogP contribution in [0.5, 0.6) is 17.2 Å². The van der Waals surface area contributed by atoms with Gasteiger partial charge in [0.2, 0.25) is 5.43 Å². The van der Waals surface area contributed by atoms with Crippen molar-refractivity contribution in [3.05, 3.63) is 52.4 Å². The molecular weight excluding hydrogens is 424 g/mol. The summed E-state index contributed by atoms with van der Waals surface area (Å²) in [6.45, 7) is -0.649. The number of ether oxygens (including phenoxy) is 2. The van der Waals surface area contributed by atoms with Crippen LogP contribution < -0.4 is 10.2 Å². The molecule has 0 amide bonds. The summed E-state index contributed by atoms with van der Waals surface area (Å²) in [5.74, 6) is -0.310. The van der Waals surface area contributed by atoms with Gasteiger partial charge in [0.05, 0.1) is 30.2 Å². The molecule has 1 saturated heterocycles. The molecule has 5 atom stereocenters. The summed E-state index contributed by atoms with van der Waals surface area (Å²) >= 11 is 0. The third kappa shape index (κ3) is 3.48. The predicted octanol–water partition coefficient (Wildman–Crippen LogP) is 0.395. The van der Waals surface area contributed by atoms with Gasteiger partial charge < -0.3 is 44.5 Å². The number of benzene rings is 2. The molecule has 4 rings (SSSR count). The lowest BCUT2D eigenvalue weighted by atomic mass is 9.89. The number of fused-ring (bicyclic) bond motifs is 1. The molecule has 10 nitrogen and oxygen atoms in total. The number of phenols is 2. The molecule has 10 heteroatoms. The summed E-state index contributed by atoms with van der Waals surface area (Å²) in [4.78, 5) is 13.2. The molecule has 1 aliphatic rings. The van der Waals surface area contributed by atoms with Gasteiger partial charge in [0.25, 0.3) is 0 Å². The first kappa shape index (κ1) is 22.1. The van der Waals surface area contributed by atoms with Gasteiger partial charge in [-0.25, -0.2) is 0 Å². The van der Waals surface area contributed by atoms with Gasteiger partial charge in [-0.3, -0.25) is 4.79 Å². The SMILES string of the molecule is COc1cc(-c2coc3c([C@@H]4O[C@@H](CO)[C@@H](O)[C@H](O)[C@H]4O)c(O)ccc3c2=O)ccc1O. The van der Waals surface area contributed by atoms with Gasteiger partial charge in [-0.15, -0.1) is 0 Å². The van der Waals surface area contributed by atoms with Crippen LogP contribution in [0.4, 0.5) is 0 Å². The Bertz CT molecular complexity index is 1200. The third-order valence-electron chi connectivity index (χ3n) is 5.62. The van der Waals surface area contributed by atoms with E-state index in [1.165, 1.54) is 37.4 Å². The van der Waals surface area contributed by atoms with Crippen LogP contribution in [-0.2, 0) is 4.74 Å². The number of aromatic hydroxyl groups is 2. The second-order valence-corrected chi connectivity index (χ2v) is 7.49. The van der Waals surface area contributed by atoms with Crippen LogP contribution in [0.25, 0.3) is 22.1 Å². The molecular formula is C22H22O10. The largest absolute Gasteiger partial charge is 0.507 e. The predicted molar refractivity (Wildman–Crippen MR) is 111 cm³/mol. The number of aliphatic hydroxyl groups is 4. The minimum Gasteiger partial charge on any atom is -0.507 e. The lowest BCUT2D eigenvalue weighted by molar-refractivity contribution is -0.231. The number of hydrogen-bond acceptors (Lipinski definition) is 10. The van der Waals surface area contributed by atoms with Crippen LogP contribution in [-0.4, -0.2) is 68.8 Å². The van der Waals surface area contributed by atoms with Crippen LogP contribution in [0.15, 0.2) is 45.8 Å². The topological polar surface area (TPSA) is 170 Å². The summed E-state index contributed by atoms with van der Waals surface area (Å²) in [6.07, 6.45) is -6.36. The van der Waals surface area contributed by atoms with Gasteiger partial charge in [0.15, 0.2) is 11.5 Å². The van der Waals surface area contributed by atoms with E-state index in [1.54, 1.807) is 0 Å². The van der Waals surface area contributed by atoms with E-state index in [9.17, 15) is 35.4 Å². The standard InChI is InChI=1S/C22H22O10/c1-30-14-6-9(2-4-12(14)24)11-8-31-21-10(17(11)26)3-5-13(25)16(21)22-20(29)19(28)18(27)15(7-23)32-22/h2-6,8,15,18-20,22-25,27-29H,7H2,1H3/t15-,18+,19-,20+,22-/m0/s1. The second-order valence-electron chi connectivity index (χ2n) is 7.49. The molecule has 1 fully saturated rings. The Labute approximate surface area is 181 Å². The number of rotatable bonds is 4. The number of methoxy groups -OCH3 is 1. The Kier molecular flexibility index (Phi) is 5.80. The molecule has 1 aliphatic heterocycles. The zero-order valence-electron chi connectivity index (χ0n) is 16.9. The monoisotopic (exact) mass is 446 g/mol. The highest BCUT2D eigenvalue weighted by Crippen LogP contribution is 2.40. The van der Waals surface area contributed by atoms with Crippen molar-refractivity contribution in [3.8, 4) is 28.4 Å². The third-order valence-corrected chi connectivity index (χ3v) is 5.62. The van der Waals surface area contributed by atoms with Gasteiger partial charge in [0.1, 0.15) is 48.1 Å². The molecule has 6 N–H and O–H groups in total. The van der Waals surface area contributed by atoms with Crippen LogP contribution >= 0.6 is 0 Å². The fraction of sp³-hybridized carbons (Fsp3) is 0.318. The van der Waals surface area contributed by atoms with E-state index >= 15 is 0 Å². The van der Waals surface area contributed by atoms with Gasteiger partial charge in [0, 0.05) is 0 Å².